The predicted octanol–water partition coefficient (Wildman–Crippen LogP) is 3.08. The standard InChI is InChI=1S/C10H8N2S2/c1-13-10-7-2-3-14-9(7)6(5-11)4-8(10)12/h2-4H,12H2,1H3. The molecule has 0 spiro atoms. The molecule has 0 unspecified atom stereocenters. The number of benzene rings is 1. The Morgan fingerprint density at radius 3 is 3.00 bits per heavy atom. The van der Waals surface area contributed by atoms with Crippen LogP contribution < -0.4 is 5.73 Å². The van der Waals surface area contributed by atoms with Crippen molar-refractivity contribution >= 4 is 38.9 Å². The van der Waals surface area contributed by atoms with Gasteiger partial charge in [0.25, 0.3) is 0 Å². The zero-order valence-corrected chi connectivity index (χ0v) is 9.21. The van der Waals surface area contributed by atoms with Gasteiger partial charge in [-0.05, 0) is 23.8 Å². The van der Waals surface area contributed by atoms with Gasteiger partial charge in [-0.2, -0.15) is 5.26 Å². The van der Waals surface area contributed by atoms with Crippen molar-refractivity contribution < 1.29 is 0 Å². The van der Waals surface area contributed by atoms with E-state index in [1.165, 1.54) is 0 Å². The van der Waals surface area contributed by atoms with Gasteiger partial charge in [0.2, 0.25) is 0 Å². The lowest BCUT2D eigenvalue weighted by atomic mass is 10.1. The fourth-order valence-electron chi connectivity index (χ4n) is 1.45. The predicted molar refractivity (Wildman–Crippen MR) is 62.7 cm³/mol. The van der Waals surface area contributed by atoms with Crippen molar-refractivity contribution in [1.82, 2.24) is 0 Å². The van der Waals surface area contributed by atoms with Gasteiger partial charge in [-0.1, -0.05) is 0 Å². The number of nitriles is 1. The highest BCUT2D eigenvalue weighted by atomic mass is 32.2. The zero-order chi connectivity index (χ0) is 10.1. The first-order chi connectivity index (χ1) is 6.77. The van der Waals surface area contributed by atoms with Crippen LogP contribution in [-0.4, -0.2) is 6.26 Å². The van der Waals surface area contributed by atoms with Crippen LogP contribution in [0.25, 0.3) is 10.1 Å². The fourth-order valence-corrected chi connectivity index (χ4v) is 3.07. The minimum Gasteiger partial charge on any atom is -0.398 e. The zero-order valence-electron chi connectivity index (χ0n) is 7.57. The number of nitrogens with two attached hydrogens (primary N) is 1. The van der Waals surface area contributed by atoms with Gasteiger partial charge in [0.1, 0.15) is 6.07 Å². The second-order valence-corrected chi connectivity index (χ2v) is 4.55. The van der Waals surface area contributed by atoms with E-state index < -0.39 is 0 Å². The Kier molecular flexibility index (Phi) is 2.36. The maximum Gasteiger partial charge on any atom is 0.101 e. The number of anilines is 1. The highest BCUT2D eigenvalue weighted by Crippen LogP contribution is 2.36. The number of hydrogen-bond donors (Lipinski definition) is 1. The number of thiophene rings is 1. The lowest BCUT2D eigenvalue weighted by molar-refractivity contribution is 1.48. The van der Waals surface area contributed by atoms with Crippen LogP contribution in [0.1, 0.15) is 5.56 Å². The van der Waals surface area contributed by atoms with Gasteiger partial charge in [-0.3, -0.25) is 0 Å². The van der Waals surface area contributed by atoms with Crippen LogP contribution in [0.4, 0.5) is 5.69 Å². The number of nitrogen functional groups attached to an aromatic ring is 1. The first-order valence-electron chi connectivity index (χ1n) is 4.01. The highest BCUT2D eigenvalue weighted by Gasteiger charge is 2.10. The summed E-state index contributed by atoms with van der Waals surface area (Å²) >= 11 is 3.21. The Hall–Kier alpha value is -1.18. The van der Waals surface area contributed by atoms with E-state index in [4.69, 9.17) is 11.0 Å². The number of hydrogen-bond acceptors (Lipinski definition) is 4. The van der Waals surface area contributed by atoms with Gasteiger partial charge in [0, 0.05) is 16.0 Å². The van der Waals surface area contributed by atoms with Crippen LogP contribution in [0.2, 0.25) is 0 Å². The van der Waals surface area contributed by atoms with Gasteiger partial charge in [-0.25, -0.2) is 0 Å². The molecule has 0 saturated carbocycles. The molecule has 4 heteroatoms. The quantitative estimate of drug-likeness (QED) is 0.593. The van der Waals surface area contributed by atoms with Crippen LogP contribution in [0.3, 0.4) is 0 Å². The van der Waals surface area contributed by atoms with Crippen molar-refractivity contribution in [2.75, 3.05) is 12.0 Å². The average Bonchev–Trinajstić information content (AvgIpc) is 2.65. The fraction of sp³-hybridized carbons (Fsp3) is 0.100. The van der Waals surface area contributed by atoms with Crippen LogP contribution >= 0.6 is 23.1 Å². The molecule has 2 rings (SSSR count). The third-order valence-corrected chi connectivity index (χ3v) is 3.85. The van der Waals surface area contributed by atoms with Gasteiger partial charge in [0.15, 0.2) is 0 Å². The molecular weight excluding hydrogens is 212 g/mol. The molecule has 2 N–H and O–H groups in total. The summed E-state index contributed by atoms with van der Waals surface area (Å²) < 4.78 is 1.03. The molecule has 0 aliphatic rings. The lowest BCUT2D eigenvalue weighted by Crippen LogP contribution is -1.90. The van der Waals surface area contributed by atoms with Gasteiger partial charge < -0.3 is 5.73 Å². The molecular formula is C10H8N2S2. The molecule has 1 heterocycles. The molecule has 70 valence electrons. The van der Waals surface area contributed by atoms with E-state index in [0.717, 1.165) is 15.0 Å². The third kappa shape index (κ3) is 1.26. The number of rotatable bonds is 1. The maximum absolute atomic E-state index is 8.94. The van der Waals surface area contributed by atoms with Crippen molar-refractivity contribution in [2.45, 2.75) is 4.90 Å². The van der Waals surface area contributed by atoms with Crippen molar-refractivity contribution in [2.24, 2.45) is 0 Å². The number of thioether (sulfide) groups is 1. The van der Waals surface area contributed by atoms with E-state index in [9.17, 15) is 0 Å². The van der Waals surface area contributed by atoms with Crippen LogP contribution in [0, 0.1) is 11.3 Å². The van der Waals surface area contributed by atoms with Crippen LogP contribution in [0.5, 0.6) is 0 Å². The molecule has 0 aliphatic heterocycles. The molecule has 0 radical (unpaired) electrons. The molecule has 1 aromatic heterocycles. The topological polar surface area (TPSA) is 49.8 Å². The van der Waals surface area contributed by atoms with Gasteiger partial charge >= 0.3 is 0 Å². The second kappa shape index (κ2) is 3.52. The van der Waals surface area contributed by atoms with E-state index in [-0.39, 0.29) is 0 Å². The van der Waals surface area contributed by atoms with Crippen LogP contribution in [-0.2, 0) is 0 Å². The maximum atomic E-state index is 8.94. The first kappa shape index (κ1) is 9.38. The summed E-state index contributed by atoms with van der Waals surface area (Å²) in [5, 5.41) is 12.0. The molecule has 0 amide bonds. The molecule has 1 aromatic carbocycles. The average molecular weight is 220 g/mol. The highest BCUT2D eigenvalue weighted by molar-refractivity contribution is 7.99. The molecule has 0 fully saturated rings. The summed E-state index contributed by atoms with van der Waals surface area (Å²) in [6, 6.07) is 5.94. The molecule has 0 bridgehead atoms. The largest absolute Gasteiger partial charge is 0.398 e. The SMILES string of the molecule is CSc1c(N)cc(C#N)c2sccc12. The Bertz CT molecular complexity index is 523. The van der Waals surface area contributed by atoms with Crippen molar-refractivity contribution in [3.05, 3.63) is 23.1 Å². The summed E-state index contributed by atoms with van der Waals surface area (Å²) in [6.07, 6.45) is 1.99. The Morgan fingerprint density at radius 2 is 2.36 bits per heavy atom. The molecule has 0 saturated heterocycles. The summed E-state index contributed by atoms with van der Waals surface area (Å²) in [5.41, 5.74) is 7.23. The minimum atomic E-state index is 0.672. The van der Waals surface area contributed by atoms with Gasteiger partial charge in [-0.15, -0.1) is 23.1 Å². The lowest BCUT2D eigenvalue weighted by Gasteiger charge is -2.04. The second-order valence-electron chi connectivity index (χ2n) is 2.82. The molecule has 0 aliphatic carbocycles. The summed E-state index contributed by atoms with van der Waals surface area (Å²) in [6.45, 7) is 0. The third-order valence-electron chi connectivity index (χ3n) is 2.04. The van der Waals surface area contributed by atoms with E-state index >= 15 is 0 Å². The minimum absolute atomic E-state index is 0.672. The van der Waals surface area contributed by atoms with Crippen molar-refractivity contribution in [3.63, 3.8) is 0 Å². The van der Waals surface area contributed by atoms with E-state index in [1.807, 2.05) is 17.7 Å². The molecule has 2 nitrogen and oxygen atoms in total. The molecule has 0 atom stereocenters. The van der Waals surface area contributed by atoms with E-state index in [1.54, 1.807) is 29.2 Å². The monoisotopic (exact) mass is 220 g/mol. The summed E-state index contributed by atoms with van der Waals surface area (Å²) in [7, 11) is 0. The van der Waals surface area contributed by atoms with E-state index in [2.05, 4.69) is 6.07 Å². The summed E-state index contributed by atoms with van der Waals surface area (Å²) in [5.74, 6) is 0. The molecule has 14 heavy (non-hydrogen) atoms. The Labute approximate surface area is 90.3 Å². The number of nitrogens with zero attached hydrogens (tertiary/aromatic N) is 1. The smallest absolute Gasteiger partial charge is 0.101 e. The van der Waals surface area contributed by atoms with Crippen molar-refractivity contribution in [3.8, 4) is 6.07 Å². The van der Waals surface area contributed by atoms with Crippen molar-refractivity contribution in [1.29, 1.82) is 5.26 Å². The summed E-state index contributed by atoms with van der Waals surface area (Å²) in [4.78, 5) is 1.07. The van der Waals surface area contributed by atoms with Gasteiger partial charge in [0.05, 0.1) is 10.3 Å². The van der Waals surface area contributed by atoms with Crippen LogP contribution in [0.15, 0.2) is 22.4 Å². The Morgan fingerprint density at radius 1 is 1.57 bits per heavy atom. The molecule has 2 aromatic rings. The number of fused-ring (bicyclic) bond motifs is 1. The first-order valence-corrected chi connectivity index (χ1v) is 6.12. The van der Waals surface area contributed by atoms with E-state index in [0.29, 0.717) is 11.3 Å². The Balaban J connectivity index is 2.90. The normalized spacial score (nSPS) is 10.3.